The fourth-order valence-electron chi connectivity index (χ4n) is 5.14. The van der Waals surface area contributed by atoms with E-state index in [1.54, 1.807) is 24.3 Å². The first-order valence-corrected chi connectivity index (χ1v) is 13.3. The van der Waals surface area contributed by atoms with Crippen LogP contribution in [0, 0.1) is 11.6 Å². The van der Waals surface area contributed by atoms with Crippen LogP contribution in [0.4, 0.5) is 20.2 Å². The van der Waals surface area contributed by atoms with Crippen molar-refractivity contribution in [2.45, 2.75) is 38.8 Å². The number of benzene rings is 3. The first-order chi connectivity index (χ1) is 17.3. The summed E-state index contributed by atoms with van der Waals surface area (Å²) in [5.74, 6) is -0.532. The van der Waals surface area contributed by atoms with Gasteiger partial charge in [-0.2, -0.15) is 0 Å². The lowest BCUT2D eigenvalue weighted by Crippen LogP contribution is -2.57. The van der Waals surface area contributed by atoms with Gasteiger partial charge in [0.2, 0.25) is 0 Å². The summed E-state index contributed by atoms with van der Waals surface area (Å²) in [6.07, 6.45) is 1.88. The van der Waals surface area contributed by atoms with Gasteiger partial charge in [0.05, 0.1) is 10.0 Å². The molecule has 1 heterocycles. The molecular formula is C29H33Cl2F2N3. The molecule has 0 aromatic heterocycles. The van der Waals surface area contributed by atoms with Crippen LogP contribution in [-0.2, 0) is 6.42 Å². The van der Waals surface area contributed by atoms with Crippen LogP contribution in [0.1, 0.15) is 25.8 Å². The van der Waals surface area contributed by atoms with Crippen LogP contribution >= 0.6 is 23.2 Å². The Morgan fingerprint density at radius 3 is 1.86 bits per heavy atom. The topological polar surface area (TPSA) is 9.72 Å². The molecule has 0 amide bonds. The van der Waals surface area contributed by atoms with E-state index >= 15 is 0 Å². The van der Waals surface area contributed by atoms with Crippen molar-refractivity contribution < 1.29 is 8.78 Å². The Labute approximate surface area is 223 Å². The Bertz CT molecular complexity index is 1070. The average molecular weight is 533 g/mol. The molecule has 4 rings (SSSR count). The minimum absolute atomic E-state index is 0.266. The molecule has 3 nitrogen and oxygen atoms in total. The summed E-state index contributed by atoms with van der Waals surface area (Å²) in [6, 6.07) is 19.7. The van der Waals surface area contributed by atoms with Crippen molar-refractivity contribution in [3.8, 4) is 0 Å². The zero-order valence-electron chi connectivity index (χ0n) is 20.8. The van der Waals surface area contributed by atoms with Crippen LogP contribution in [0.5, 0.6) is 0 Å². The predicted molar refractivity (Wildman–Crippen MR) is 147 cm³/mol. The fraction of sp³-hybridized carbons (Fsp3) is 0.379. The lowest BCUT2D eigenvalue weighted by molar-refractivity contribution is 0.0397. The molecule has 192 valence electrons. The number of nitrogens with zero attached hydrogens (tertiary/aromatic N) is 3. The number of rotatable bonds is 9. The Morgan fingerprint density at radius 1 is 0.778 bits per heavy atom. The van der Waals surface area contributed by atoms with Crippen LogP contribution in [-0.4, -0.2) is 54.6 Å². The second-order valence-corrected chi connectivity index (χ2v) is 10.5. The molecule has 0 aliphatic carbocycles. The largest absolute Gasteiger partial charge is 0.341 e. The van der Waals surface area contributed by atoms with Gasteiger partial charge in [0.15, 0.2) is 0 Å². The quantitative estimate of drug-likeness (QED) is 0.284. The summed E-state index contributed by atoms with van der Waals surface area (Å²) >= 11 is 12.2. The van der Waals surface area contributed by atoms with Crippen molar-refractivity contribution in [3.63, 3.8) is 0 Å². The van der Waals surface area contributed by atoms with Gasteiger partial charge >= 0.3 is 0 Å². The number of halogens is 4. The molecule has 2 atom stereocenters. The van der Waals surface area contributed by atoms with Crippen LogP contribution in [0.25, 0.3) is 0 Å². The summed E-state index contributed by atoms with van der Waals surface area (Å²) in [5.41, 5.74) is 3.00. The van der Waals surface area contributed by atoms with Gasteiger partial charge in [-0.3, -0.25) is 4.90 Å². The molecular weight excluding hydrogens is 499 g/mol. The highest BCUT2D eigenvalue weighted by atomic mass is 35.5. The highest BCUT2D eigenvalue weighted by Crippen LogP contribution is 2.27. The maximum absolute atomic E-state index is 13.5. The lowest BCUT2D eigenvalue weighted by Gasteiger charge is -2.44. The molecule has 36 heavy (non-hydrogen) atoms. The molecule has 0 spiro atoms. The van der Waals surface area contributed by atoms with Crippen molar-refractivity contribution in [2.75, 3.05) is 37.6 Å². The van der Waals surface area contributed by atoms with E-state index in [0.29, 0.717) is 22.1 Å². The Morgan fingerprint density at radius 2 is 1.33 bits per heavy atom. The van der Waals surface area contributed by atoms with E-state index < -0.39 is 0 Å². The molecule has 1 aliphatic heterocycles. The molecule has 0 bridgehead atoms. The molecule has 0 saturated carbocycles. The molecule has 1 fully saturated rings. The molecule has 0 radical (unpaired) electrons. The Kier molecular flexibility index (Phi) is 9.24. The molecule has 1 saturated heterocycles. The van der Waals surface area contributed by atoms with Crippen LogP contribution in [0.15, 0.2) is 66.7 Å². The van der Waals surface area contributed by atoms with E-state index in [-0.39, 0.29) is 11.6 Å². The van der Waals surface area contributed by atoms with Gasteiger partial charge in [0.25, 0.3) is 0 Å². The minimum atomic E-state index is -0.266. The lowest BCUT2D eigenvalue weighted by atomic mass is 10.1. The summed E-state index contributed by atoms with van der Waals surface area (Å²) in [5, 5.41) is 1.20. The maximum atomic E-state index is 13.5. The molecule has 3 aromatic carbocycles. The predicted octanol–water partition coefficient (Wildman–Crippen LogP) is 7.44. The summed E-state index contributed by atoms with van der Waals surface area (Å²) in [6.45, 7) is 9.32. The molecule has 3 aromatic rings. The van der Waals surface area contributed by atoms with E-state index in [9.17, 15) is 8.78 Å². The van der Waals surface area contributed by atoms with Gasteiger partial charge in [-0.05, 0) is 99.5 Å². The van der Waals surface area contributed by atoms with E-state index in [4.69, 9.17) is 23.2 Å². The van der Waals surface area contributed by atoms with Crippen LogP contribution in [0.2, 0.25) is 10.0 Å². The Hall–Kier alpha value is -2.18. The van der Waals surface area contributed by atoms with Crippen molar-refractivity contribution in [1.29, 1.82) is 0 Å². The summed E-state index contributed by atoms with van der Waals surface area (Å²) in [4.78, 5) is 7.22. The van der Waals surface area contributed by atoms with E-state index in [2.05, 4.69) is 28.5 Å². The van der Waals surface area contributed by atoms with Crippen molar-refractivity contribution >= 4 is 34.6 Å². The minimum Gasteiger partial charge on any atom is -0.341 e. The van der Waals surface area contributed by atoms with E-state index in [1.165, 1.54) is 29.8 Å². The highest BCUT2D eigenvalue weighted by Gasteiger charge is 2.28. The van der Waals surface area contributed by atoms with E-state index in [0.717, 1.165) is 56.9 Å². The molecule has 0 unspecified atom stereocenters. The molecule has 7 heteroatoms. The monoisotopic (exact) mass is 531 g/mol. The van der Waals surface area contributed by atoms with Gasteiger partial charge in [-0.15, -0.1) is 0 Å². The SMILES string of the molecule is C[C@@H]1CN(CCCN(c2ccc(F)cc2)c2ccc(F)cc2)C[C@H](C)N1CCc1ccc(Cl)c(Cl)c1. The molecule has 1 aliphatic rings. The van der Waals surface area contributed by atoms with Gasteiger partial charge in [0, 0.05) is 49.6 Å². The first-order valence-electron chi connectivity index (χ1n) is 12.5. The highest BCUT2D eigenvalue weighted by molar-refractivity contribution is 6.42. The van der Waals surface area contributed by atoms with Crippen LogP contribution < -0.4 is 4.90 Å². The van der Waals surface area contributed by atoms with Crippen molar-refractivity contribution in [2.24, 2.45) is 0 Å². The standard InChI is InChI=1S/C29H33Cl2F2N3/c1-21-19-34(20-22(2)35(21)17-14-23-4-13-28(30)29(31)18-23)15-3-16-36(26-9-5-24(32)6-10-26)27-11-7-25(33)8-12-27/h4-13,18,21-22H,3,14-17,19-20H2,1-2H3/t21-,22+. The number of hydrogen-bond acceptors (Lipinski definition) is 3. The third kappa shape index (κ3) is 6.98. The smallest absolute Gasteiger partial charge is 0.123 e. The normalized spacial score (nSPS) is 18.9. The second kappa shape index (κ2) is 12.4. The molecule has 0 N–H and O–H groups in total. The van der Waals surface area contributed by atoms with Crippen LogP contribution in [0.3, 0.4) is 0 Å². The van der Waals surface area contributed by atoms with Gasteiger partial charge in [0.1, 0.15) is 11.6 Å². The summed E-state index contributed by atoms with van der Waals surface area (Å²) < 4.78 is 27.0. The zero-order valence-corrected chi connectivity index (χ0v) is 22.3. The third-order valence-electron chi connectivity index (χ3n) is 6.95. The first kappa shape index (κ1) is 26.9. The zero-order chi connectivity index (χ0) is 25.7. The summed E-state index contributed by atoms with van der Waals surface area (Å²) in [7, 11) is 0. The van der Waals surface area contributed by atoms with Crippen molar-refractivity contribution in [3.05, 3.63) is 94.0 Å². The average Bonchev–Trinajstić information content (AvgIpc) is 2.85. The van der Waals surface area contributed by atoms with Gasteiger partial charge in [-0.25, -0.2) is 8.78 Å². The Balaban J connectivity index is 1.32. The maximum Gasteiger partial charge on any atom is 0.123 e. The van der Waals surface area contributed by atoms with E-state index in [1.807, 2.05) is 18.2 Å². The van der Waals surface area contributed by atoms with Crippen molar-refractivity contribution in [1.82, 2.24) is 9.80 Å². The number of anilines is 2. The fourth-order valence-corrected chi connectivity index (χ4v) is 5.47. The third-order valence-corrected chi connectivity index (χ3v) is 7.69. The van der Waals surface area contributed by atoms with Gasteiger partial charge in [-0.1, -0.05) is 29.3 Å². The van der Waals surface area contributed by atoms with Gasteiger partial charge < -0.3 is 9.80 Å². The number of hydrogen-bond donors (Lipinski definition) is 0. The second-order valence-electron chi connectivity index (χ2n) is 9.65. The number of piperazine rings is 1.